The van der Waals surface area contributed by atoms with Crippen molar-refractivity contribution in [3.05, 3.63) is 185 Å². The van der Waals surface area contributed by atoms with Crippen LogP contribution >= 0.6 is 0 Å². The number of fused-ring (bicyclic) bond motifs is 4. The molecule has 3 nitrogen and oxygen atoms in total. The third-order valence-corrected chi connectivity index (χ3v) is 14.9. The molecule has 1 atom stereocenters. The van der Waals surface area contributed by atoms with Crippen molar-refractivity contribution in [1.82, 2.24) is 4.98 Å². The van der Waals surface area contributed by atoms with Gasteiger partial charge in [-0.15, -0.1) is 18.2 Å². The number of rotatable bonds is 6. The summed E-state index contributed by atoms with van der Waals surface area (Å²) in [6.07, 6.45) is 0.303. The average molecular weight is 1010 g/mol. The smallest absolute Gasteiger partial charge is 0 e. The molecule has 1 radical (unpaired) electrons. The SMILES string of the molecule is Cc1cc(-c2ccccc2)cc(C)c1C1C(c2[c-]ccc3c2oc2ccccc23)=Nc2ccccc21.[2H]C([2H])([2H])c1c[c-]c(-c2cc(C([2H])([2H])C(C)(C)C)[c]([Ge]([CH3])([CH3])[CH3])cn2)cc1.[Ir]. The topological polar surface area (TPSA) is 38.4 Å². The van der Waals surface area contributed by atoms with Crippen LogP contribution in [0.3, 0.4) is 0 Å². The van der Waals surface area contributed by atoms with Crippen LogP contribution in [0.25, 0.3) is 44.3 Å². The molecule has 9 rings (SSSR count). The van der Waals surface area contributed by atoms with Crippen LogP contribution in [-0.4, -0.2) is 24.0 Å². The molecule has 0 bridgehead atoms. The summed E-state index contributed by atoms with van der Waals surface area (Å²) in [6, 6.07) is 49.1. The van der Waals surface area contributed by atoms with Gasteiger partial charge in [-0.05, 0) is 65.1 Å². The van der Waals surface area contributed by atoms with Gasteiger partial charge < -0.3 is 4.42 Å². The minimum atomic E-state index is -2.36. The maximum atomic E-state index is 8.80. The number of para-hydroxylation sites is 2. The van der Waals surface area contributed by atoms with Crippen molar-refractivity contribution >= 4 is 51.0 Å². The molecule has 5 heteroatoms. The maximum Gasteiger partial charge on any atom is 0 e. The number of hydrogen-bond donors (Lipinski definition) is 0. The summed E-state index contributed by atoms with van der Waals surface area (Å²) in [6.45, 7) is 8.00. The molecule has 0 saturated carbocycles. The third-order valence-electron chi connectivity index (χ3n) is 10.7. The molecule has 0 spiro atoms. The Kier molecular flexibility index (Phi) is 10.4. The number of pyridine rings is 1. The van der Waals surface area contributed by atoms with Crippen molar-refractivity contribution in [2.75, 3.05) is 0 Å². The van der Waals surface area contributed by atoms with Crippen LogP contribution in [0, 0.1) is 38.2 Å². The summed E-state index contributed by atoms with van der Waals surface area (Å²) >= 11 is -2.36. The van der Waals surface area contributed by atoms with Crippen molar-refractivity contribution in [1.29, 1.82) is 0 Å². The van der Waals surface area contributed by atoms with Crippen LogP contribution in [-0.2, 0) is 26.5 Å². The molecule has 0 aliphatic carbocycles. The third kappa shape index (κ3) is 8.87. The monoisotopic (exact) mass is 1020 g/mol. The van der Waals surface area contributed by atoms with Gasteiger partial charge in [0.1, 0.15) is 5.58 Å². The summed E-state index contributed by atoms with van der Waals surface area (Å²) in [5.74, 6) is 6.71. The molecule has 8 aromatic rings. The standard InChI is InChI=1S/C34H24NO.C20H28GeN.Ir/c1-21-19-24(23-11-4-3-5-12-23)20-22(2)31(21)32-27-14-6-8-17-29(27)35-33(32)28-16-10-15-26-25-13-7-9-18-30(25)36-34(26)28;1-15-8-10-16(11-9-15)19-12-17(13-20(2,3)4)18(14-22-19)21(5,6)7;/h3-15,17-20,32H,1-2H3;8-10,12,14H,13H2,1-7H3;/q2*-1;/i;1D3,13D2;. The first-order chi connectivity index (χ1) is 29.7. The van der Waals surface area contributed by atoms with Gasteiger partial charge in [-0.3, -0.25) is 4.99 Å². The Balaban J connectivity index is 0.000000197. The second kappa shape index (κ2) is 17.0. The number of hydrogen-bond acceptors (Lipinski definition) is 3. The minimum absolute atomic E-state index is 0. The van der Waals surface area contributed by atoms with E-state index in [0.717, 1.165) is 43.3 Å². The fraction of sp³-hybridized carbons (Fsp3) is 0.222. The van der Waals surface area contributed by atoms with Crippen molar-refractivity contribution < 1.29 is 31.4 Å². The molecule has 6 aromatic carbocycles. The Hall–Kier alpha value is -4.87. The normalized spacial score (nSPS) is 15.4. The van der Waals surface area contributed by atoms with Gasteiger partial charge in [0.05, 0.1) is 11.3 Å². The summed E-state index contributed by atoms with van der Waals surface area (Å²) in [5.41, 5.74) is 13.9. The van der Waals surface area contributed by atoms with Crippen LogP contribution in [0.4, 0.5) is 5.69 Å². The van der Waals surface area contributed by atoms with Gasteiger partial charge in [-0.1, -0.05) is 89.8 Å². The molecule has 1 unspecified atom stereocenters. The van der Waals surface area contributed by atoms with Crippen molar-refractivity contribution in [2.24, 2.45) is 10.4 Å². The van der Waals surface area contributed by atoms with Crippen LogP contribution in [0.1, 0.15) is 72.5 Å². The molecule has 0 amide bonds. The quantitative estimate of drug-likeness (QED) is 0.123. The Bertz CT molecular complexity index is 2990. The van der Waals surface area contributed by atoms with Gasteiger partial charge in [0, 0.05) is 31.4 Å². The first-order valence-corrected chi connectivity index (χ1v) is 27.3. The largest absolute Gasteiger partial charge is 0 e. The first-order valence-electron chi connectivity index (χ1n) is 22.4. The van der Waals surface area contributed by atoms with Gasteiger partial charge in [-0.2, -0.15) is 0 Å². The summed E-state index contributed by atoms with van der Waals surface area (Å²) in [4.78, 5) is 9.76. The summed E-state index contributed by atoms with van der Waals surface area (Å²) < 4.78 is 47.5. The van der Waals surface area contributed by atoms with Crippen molar-refractivity contribution in [3.63, 3.8) is 0 Å². The molecule has 1 aliphatic rings. The van der Waals surface area contributed by atoms with Gasteiger partial charge in [0.25, 0.3) is 0 Å². The van der Waals surface area contributed by atoms with E-state index in [1.165, 1.54) is 39.4 Å². The number of furan rings is 1. The number of benzene rings is 6. The van der Waals surface area contributed by atoms with Gasteiger partial charge in [0.2, 0.25) is 0 Å². The second-order valence-corrected chi connectivity index (χ2v) is 27.9. The zero-order chi connectivity index (χ0) is 45.1. The Labute approximate surface area is 373 Å². The predicted octanol–water partition coefficient (Wildman–Crippen LogP) is 13.9. The van der Waals surface area contributed by atoms with E-state index in [2.05, 4.69) is 133 Å². The van der Waals surface area contributed by atoms with Gasteiger partial charge in [-0.25, -0.2) is 0 Å². The number of nitrogens with zero attached hydrogens (tertiary/aromatic N) is 2. The number of aryl methyl sites for hydroxylation is 3. The second-order valence-electron chi connectivity index (χ2n) is 17.3. The van der Waals surface area contributed by atoms with E-state index in [-0.39, 0.29) is 31.6 Å². The van der Waals surface area contributed by atoms with E-state index >= 15 is 0 Å². The minimum Gasteiger partial charge on any atom is 0 e. The molecule has 0 N–H and O–H groups in total. The Morgan fingerprint density at radius 1 is 0.797 bits per heavy atom. The number of aliphatic imine (C=N–C) groups is 1. The molecule has 59 heavy (non-hydrogen) atoms. The predicted molar refractivity (Wildman–Crippen MR) is 248 cm³/mol. The first kappa shape index (κ1) is 36.0. The molecule has 0 fully saturated rings. The van der Waals surface area contributed by atoms with E-state index in [1.54, 1.807) is 12.1 Å². The molecule has 299 valence electrons. The molecule has 1 aliphatic heterocycles. The van der Waals surface area contributed by atoms with Crippen molar-refractivity contribution in [2.45, 2.75) is 71.0 Å². The van der Waals surface area contributed by atoms with Gasteiger partial charge >= 0.3 is 145 Å². The summed E-state index contributed by atoms with van der Waals surface area (Å²) in [7, 11) is 0. The molecule has 3 heterocycles. The van der Waals surface area contributed by atoms with Crippen molar-refractivity contribution in [3.8, 4) is 22.4 Å². The molecular weight excluding hydrogens is 957 g/mol. The molecular formula is C54H52GeIrN2O-2. The molecule has 0 saturated heterocycles. The molecule has 2 aromatic heterocycles. The number of aromatic nitrogens is 1. The van der Waals surface area contributed by atoms with Crippen LogP contribution in [0.2, 0.25) is 17.3 Å². The average Bonchev–Trinajstić information content (AvgIpc) is 3.82. The zero-order valence-electron chi connectivity index (χ0n) is 39.9. The van der Waals surface area contributed by atoms with Crippen LogP contribution < -0.4 is 4.40 Å². The fourth-order valence-corrected chi connectivity index (χ4v) is 11.0. The van der Waals surface area contributed by atoms with Gasteiger partial charge in [0.15, 0.2) is 0 Å². The van der Waals surface area contributed by atoms with E-state index in [9.17, 15) is 0 Å². The Morgan fingerprint density at radius 2 is 1.51 bits per heavy atom. The van der Waals surface area contributed by atoms with E-state index in [0.29, 0.717) is 16.8 Å². The summed E-state index contributed by atoms with van der Waals surface area (Å²) in [5, 5.41) is 2.22. The zero-order valence-corrected chi connectivity index (χ0v) is 39.4. The van der Waals surface area contributed by atoms with Crippen LogP contribution in [0.5, 0.6) is 0 Å². The van der Waals surface area contributed by atoms with E-state index < -0.39 is 31.9 Å². The van der Waals surface area contributed by atoms with Crippen LogP contribution in [0.15, 0.2) is 143 Å². The maximum absolute atomic E-state index is 8.80. The Morgan fingerprint density at radius 3 is 2.20 bits per heavy atom. The fourth-order valence-electron chi connectivity index (χ4n) is 8.07. The van der Waals surface area contributed by atoms with E-state index in [1.807, 2.05) is 51.2 Å². The van der Waals surface area contributed by atoms with E-state index in [4.69, 9.17) is 16.3 Å².